The van der Waals surface area contributed by atoms with Crippen LogP contribution >= 0.6 is 0 Å². The van der Waals surface area contributed by atoms with Crippen LogP contribution in [0.25, 0.3) is 0 Å². The molecule has 0 aliphatic carbocycles. The average molecular weight is 397 g/mol. The minimum absolute atomic E-state index is 0.00146. The number of hydrogen-bond donors (Lipinski definition) is 3. The molecule has 2 aromatic rings. The van der Waals surface area contributed by atoms with Gasteiger partial charge in [-0.25, -0.2) is 16.3 Å². The predicted molar refractivity (Wildman–Crippen MR) is 108 cm³/mol. The van der Waals surface area contributed by atoms with Crippen molar-refractivity contribution in [3.05, 3.63) is 69.8 Å². The molecule has 2 aromatic carbocycles. The van der Waals surface area contributed by atoms with Gasteiger partial charge in [0.25, 0.3) is 11.6 Å². The summed E-state index contributed by atoms with van der Waals surface area (Å²) in [4.78, 5) is 22.7. The van der Waals surface area contributed by atoms with Crippen molar-refractivity contribution in [3.63, 3.8) is 0 Å². The van der Waals surface area contributed by atoms with Crippen LogP contribution in [0.4, 0.5) is 5.69 Å². The number of hydrazone groups is 1. The molecule has 3 unspecified atom stereocenters. The molecule has 1 aliphatic rings. The number of ether oxygens (including phenoxy) is 1. The first-order chi connectivity index (χ1) is 14.0. The first-order valence-corrected chi connectivity index (χ1v) is 9.30. The number of nitro benzene ring substituents is 1. The van der Waals surface area contributed by atoms with E-state index in [-0.39, 0.29) is 23.6 Å². The van der Waals surface area contributed by atoms with Gasteiger partial charge in [0.05, 0.1) is 23.8 Å². The number of carbonyl (C=O) groups excluding carboxylic acids is 1. The first-order valence-electron chi connectivity index (χ1n) is 9.30. The van der Waals surface area contributed by atoms with Crippen molar-refractivity contribution in [2.75, 3.05) is 6.61 Å². The number of rotatable bonds is 7. The quantitative estimate of drug-likeness (QED) is 0.375. The number of nitrogens with zero attached hydrogens (tertiary/aromatic N) is 2. The highest BCUT2D eigenvalue weighted by atomic mass is 16.6. The molecule has 1 fully saturated rings. The number of nitro groups is 1. The van der Waals surface area contributed by atoms with Gasteiger partial charge in [-0.3, -0.25) is 14.9 Å². The van der Waals surface area contributed by atoms with Gasteiger partial charge in [-0.2, -0.15) is 5.10 Å². The zero-order chi connectivity index (χ0) is 20.8. The highest BCUT2D eigenvalue weighted by molar-refractivity contribution is 5.85. The van der Waals surface area contributed by atoms with Crippen LogP contribution in [0, 0.1) is 16.0 Å². The Labute approximate surface area is 168 Å². The molecule has 0 spiro atoms. The van der Waals surface area contributed by atoms with E-state index in [9.17, 15) is 14.9 Å². The monoisotopic (exact) mass is 397 g/mol. The fourth-order valence-electron chi connectivity index (χ4n) is 3.19. The van der Waals surface area contributed by atoms with Crippen molar-refractivity contribution in [3.8, 4) is 5.75 Å². The molecule has 3 rings (SSSR count). The lowest BCUT2D eigenvalue weighted by Gasteiger charge is -2.18. The van der Waals surface area contributed by atoms with Crippen LogP contribution in [0.15, 0.2) is 53.6 Å². The largest absolute Gasteiger partial charge is 0.494 e. The molecule has 1 aliphatic heterocycles. The molecule has 0 aromatic heterocycles. The van der Waals surface area contributed by atoms with E-state index in [1.54, 1.807) is 12.1 Å². The minimum Gasteiger partial charge on any atom is -0.494 e. The van der Waals surface area contributed by atoms with E-state index in [2.05, 4.69) is 21.4 Å². The number of non-ortho nitro benzene ring substituents is 1. The normalized spacial score (nSPS) is 21.2. The van der Waals surface area contributed by atoms with Gasteiger partial charge in [-0.15, -0.1) is 0 Å². The summed E-state index contributed by atoms with van der Waals surface area (Å²) in [5.41, 5.74) is 10.4. The van der Waals surface area contributed by atoms with Gasteiger partial charge in [-0.1, -0.05) is 19.1 Å². The number of hydrogen-bond acceptors (Lipinski definition) is 7. The zero-order valence-electron chi connectivity index (χ0n) is 16.2. The maximum absolute atomic E-state index is 12.5. The summed E-state index contributed by atoms with van der Waals surface area (Å²) < 4.78 is 5.46. The van der Waals surface area contributed by atoms with Crippen molar-refractivity contribution in [1.82, 2.24) is 16.3 Å². The van der Waals surface area contributed by atoms with Gasteiger partial charge in [0.1, 0.15) is 11.8 Å². The Morgan fingerprint density at radius 2 is 1.90 bits per heavy atom. The van der Waals surface area contributed by atoms with Crippen LogP contribution in [0.1, 0.15) is 31.0 Å². The van der Waals surface area contributed by atoms with Gasteiger partial charge < -0.3 is 4.74 Å². The van der Waals surface area contributed by atoms with Crippen LogP contribution in [-0.2, 0) is 4.79 Å². The third-order valence-electron chi connectivity index (χ3n) is 4.77. The topological polar surface area (TPSA) is 118 Å². The molecule has 3 N–H and O–H groups in total. The van der Waals surface area contributed by atoms with E-state index in [1.165, 1.54) is 18.3 Å². The maximum atomic E-state index is 12.5. The minimum atomic E-state index is -0.469. The second-order valence-corrected chi connectivity index (χ2v) is 6.69. The summed E-state index contributed by atoms with van der Waals surface area (Å²) in [7, 11) is 0. The van der Waals surface area contributed by atoms with E-state index in [0.717, 1.165) is 11.3 Å². The molecular weight excluding hydrogens is 374 g/mol. The lowest BCUT2D eigenvalue weighted by molar-refractivity contribution is -0.384. The number of carbonyl (C=O) groups is 1. The maximum Gasteiger partial charge on any atom is 0.269 e. The third kappa shape index (κ3) is 4.95. The summed E-state index contributed by atoms with van der Waals surface area (Å²) in [6.07, 6.45) is 1.44. The van der Waals surface area contributed by atoms with Gasteiger partial charge in [0.2, 0.25) is 0 Å². The average Bonchev–Trinajstić information content (AvgIpc) is 3.10. The highest BCUT2D eigenvalue weighted by Gasteiger charge is 2.37. The first kappa shape index (κ1) is 20.4. The van der Waals surface area contributed by atoms with E-state index >= 15 is 0 Å². The van der Waals surface area contributed by atoms with Gasteiger partial charge in [0.15, 0.2) is 0 Å². The standard InChI is InChI=1S/C20H23N5O4/c1-3-29-17-10-6-15(7-11-17)18-13(2)19(23-22-18)20(26)24-21-12-14-4-8-16(9-5-14)25(27)28/h4-13,18-19,22-23H,3H2,1-2H3,(H,24,26)/b21-12+. The lowest BCUT2D eigenvalue weighted by Crippen LogP contribution is -2.43. The van der Waals surface area contributed by atoms with Gasteiger partial charge >= 0.3 is 0 Å². The predicted octanol–water partition coefficient (Wildman–Crippen LogP) is 2.30. The van der Waals surface area contributed by atoms with E-state index < -0.39 is 11.0 Å². The molecule has 1 heterocycles. The van der Waals surface area contributed by atoms with Gasteiger partial charge in [-0.05, 0) is 42.3 Å². The van der Waals surface area contributed by atoms with Crippen LogP contribution in [-0.4, -0.2) is 29.7 Å². The van der Waals surface area contributed by atoms with E-state index in [0.29, 0.717) is 12.2 Å². The summed E-state index contributed by atoms with van der Waals surface area (Å²) in [6, 6.07) is 13.2. The highest BCUT2D eigenvalue weighted by Crippen LogP contribution is 2.29. The molecule has 9 nitrogen and oxygen atoms in total. The smallest absolute Gasteiger partial charge is 0.269 e. The second kappa shape index (κ2) is 9.26. The number of nitrogens with one attached hydrogen (secondary N) is 3. The Kier molecular flexibility index (Phi) is 6.53. The Balaban J connectivity index is 1.56. The summed E-state index contributed by atoms with van der Waals surface area (Å²) in [6.45, 7) is 4.53. The molecule has 0 saturated carbocycles. The summed E-state index contributed by atoms with van der Waals surface area (Å²) in [5, 5.41) is 14.6. The van der Waals surface area contributed by atoms with Crippen molar-refractivity contribution >= 4 is 17.8 Å². The van der Waals surface area contributed by atoms with Crippen LogP contribution in [0.3, 0.4) is 0 Å². The SMILES string of the molecule is CCOc1ccc(C2NNC(C(=O)N/N=C/c3ccc([N+](=O)[O-])cc3)C2C)cc1. The number of amides is 1. The molecule has 29 heavy (non-hydrogen) atoms. The van der Waals surface area contributed by atoms with Crippen molar-refractivity contribution in [2.24, 2.45) is 11.0 Å². The molecule has 1 amide bonds. The Morgan fingerprint density at radius 1 is 1.21 bits per heavy atom. The second-order valence-electron chi connectivity index (χ2n) is 6.69. The van der Waals surface area contributed by atoms with Crippen molar-refractivity contribution in [1.29, 1.82) is 0 Å². The molecule has 1 saturated heterocycles. The van der Waals surface area contributed by atoms with Crippen molar-refractivity contribution < 1.29 is 14.5 Å². The fourth-order valence-corrected chi connectivity index (χ4v) is 3.19. The zero-order valence-corrected chi connectivity index (χ0v) is 16.2. The summed E-state index contributed by atoms with van der Waals surface area (Å²) in [5.74, 6) is 0.531. The third-order valence-corrected chi connectivity index (χ3v) is 4.77. The molecule has 0 radical (unpaired) electrons. The van der Waals surface area contributed by atoms with E-state index in [1.807, 2.05) is 38.1 Å². The van der Waals surface area contributed by atoms with Crippen molar-refractivity contribution in [2.45, 2.75) is 25.9 Å². The molecule has 0 bridgehead atoms. The van der Waals surface area contributed by atoms with Crippen LogP contribution < -0.4 is 21.0 Å². The lowest BCUT2D eigenvalue weighted by atomic mass is 9.91. The van der Waals surface area contributed by atoms with Crippen LogP contribution in [0.2, 0.25) is 0 Å². The molecule has 9 heteroatoms. The fraction of sp³-hybridized carbons (Fsp3) is 0.300. The molecule has 3 atom stereocenters. The van der Waals surface area contributed by atoms with Gasteiger partial charge in [0, 0.05) is 18.1 Å². The molecular formula is C20H23N5O4. The Morgan fingerprint density at radius 3 is 2.52 bits per heavy atom. The van der Waals surface area contributed by atoms with Crippen LogP contribution in [0.5, 0.6) is 5.75 Å². The summed E-state index contributed by atoms with van der Waals surface area (Å²) >= 11 is 0. The number of hydrazine groups is 1. The van der Waals surface area contributed by atoms with E-state index in [4.69, 9.17) is 4.74 Å². The molecule has 152 valence electrons. The Hall–Kier alpha value is -3.30. The number of benzene rings is 2. The Bertz CT molecular complexity index is 883.